The first-order valence-electron chi connectivity index (χ1n) is 7.67. The molecular formula is C16H18N6O. The highest BCUT2D eigenvalue weighted by atomic mass is 16.5. The first-order chi connectivity index (χ1) is 11.3. The van der Waals surface area contributed by atoms with Gasteiger partial charge in [-0.3, -0.25) is 0 Å². The van der Waals surface area contributed by atoms with Crippen molar-refractivity contribution in [3.8, 4) is 0 Å². The van der Waals surface area contributed by atoms with E-state index in [4.69, 9.17) is 4.74 Å². The van der Waals surface area contributed by atoms with Crippen LogP contribution in [0.2, 0.25) is 0 Å². The maximum Gasteiger partial charge on any atom is 0.247 e. The van der Waals surface area contributed by atoms with Crippen molar-refractivity contribution in [2.75, 3.05) is 36.5 Å². The summed E-state index contributed by atoms with van der Waals surface area (Å²) in [6, 6.07) is 7.86. The van der Waals surface area contributed by atoms with Crippen molar-refractivity contribution in [2.45, 2.75) is 6.92 Å². The fourth-order valence-electron chi connectivity index (χ4n) is 2.76. The van der Waals surface area contributed by atoms with E-state index in [1.807, 2.05) is 30.6 Å². The molecule has 4 rings (SSSR count). The Morgan fingerprint density at radius 1 is 1.22 bits per heavy atom. The molecule has 0 aromatic carbocycles. The second kappa shape index (κ2) is 5.85. The van der Waals surface area contributed by atoms with Crippen molar-refractivity contribution in [2.24, 2.45) is 0 Å². The molecule has 0 saturated carbocycles. The summed E-state index contributed by atoms with van der Waals surface area (Å²) < 4.78 is 7.13. The molecule has 1 fully saturated rings. The highest BCUT2D eigenvalue weighted by Crippen LogP contribution is 2.22. The predicted molar refractivity (Wildman–Crippen MR) is 88.3 cm³/mol. The maximum absolute atomic E-state index is 5.39. The van der Waals surface area contributed by atoms with Crippen LogP contribution < -0.4 is 10.2 Å². The maximum atomic E-state index is 5.39. The van der Waals surface area contributed by atoms with Gasteiger partial charge in [-0.25, -0.2) is 9.50 Å². The van der Waals surface area contributed by atoms with E-state index < -0.39 is 0 Å². The van der Waals surface area contributed by atoms with Gasteiger partial charge in [0.05, 0.1) is 25.1 Å². The number of hydrogen-bond acceptors (Lipinski definition) is 6. The summed E-state index contributed by atoms with van der Waals surface area (Å²) in [6.07, 6.45) is 3.70. The summed E-state index contributed by atoms with van der Waals surface area (Å²) in [5.41, 5.74) is 2.82. The second-order valence-electron chi connectivity index (χ2n) is 5.53. The molecule has 0 bridgehead atoms. The molecule has 3 aromatic heterocycles. The number of aryl methyl sites for hydroxylation is 1. The Morgan fingerprint density at radius 3 is 2.87 bits per heavy atom. The van der Waals surface area contributed by atoms with Crippen molar-refractivity contribution < 1.29 is 4.74 Å². The summed E-state index contributed by atoms with van der Waals surface area (Å²) in [6.45, 7) is 5.35. The Hall–Kier alpha value is -2.67. The van der Waals surface area contributed by atoms with Gasteiger partial charge in [0, 0.05) is 19.3 Å². The van der Waals surface area contributed by atoms with E-state index in [0.29, 0.717) is 5.95 Å². The minimum Gasteiger partial charge on any atom is -0.378 e. The van der Waals surface area contributed by atoms with E-state index in [1.165, 1.54) is 0 Å². The molecule has 0 aliphatic carbocycles. The number of nitrogens with one attached hydrogen (secondary N) is 1. The Labute approximate surface area is 133 Å². The van der Waals surface area contributed by atoms with Crippen LogP contribution in [-0.4, -0.2) is 45.9 Å². The van der Waals surface area contributed by atoms with Crippen molar-refractivity contribution in [3.63, 3.8) is 0 Å². The molecule has 3 aromatic rings. The average Bonchev–Trinajstić information content (AvgIpc) is 2.98. The molecule has 0 atom stereocenters. The van der Waals surface area contributed by atoms with Crippen LogP contribution in [0, 0.1) is 6.92 Å². The van der Waals surface area contributed by atoms with Crippen molar-refractivity contribution in [3.05, 3.63) is 42.2 Å². The van der Waals surface area contributed by atoms with Crippen LogP contribution in [0.3, 0.4) is 0 Å². The SMILES string of the molecule is Cc1cc(Nc2nc3ccccn3n2)cnc1N1CCOCC1. The number of rotatable bonds is 3. The standard InChI is InChI=1S/C16H18N6O/c1-12-10-13(11-17-15(12)21-6-8-23-9-7-21)18-16-19-14-4-2-3-5-22(14)20-16/h2-5,10-11H,6-9H2,1H3,(H,18,20). The van der Waals surface area contributed by atoms with Crippen LogP contribution in [0.5, 0.6) is 0 Å². The molecule has 118 valence electrons. The molecule has 0 amide bonds. The van der Waals surface area contributed by atoms with Crippen LogP contribution >= 0.6 is 0 Å². The van der Waals surface area contributed by atoms with E-state index >= 15 is 0 Å². The number of pyridine rings is 2. The number of fused-ring (bicyclic) bond motifs is 1. The van der Waals surface area contributed by atoms with Crippen molar-refractivity contribution >= 4 is 23.1 Å². The average molecular weight is 310 g/mol. The molecule has 1 aliphatic heterocycles. The normalized spacial score (nSPS) is 15.1. The molecule has 1 saturated heterocycles. The number of morpholine rings is 1. The third-order valence-electron chi connectivity index (χ3n) is 3.86. The van der Waals surface area contributed by atoms with Gasteiger partial charge in [-0.2, -0.15) is 4.98 Å². The van der Waals surface area contributed by atoms with Gasteiger partial charge < -0.3 is 15.0 Å². The molecule has 1 aliphatic rings. The molecule has 0 spiro atoms. The highest BCUT2D eigenvalue weighted by molar-refractivity contribution is 5.60. The molecule has 7 heteroatoms. The van der Waals surface area contributed by atoms with Gasteiger partial charge >= 0.3 is 0 Å². The van der Waals surface area contributed by atoms with E-state index in [0.717, 1.165) is 49.0 Å². The Kier molecular flexibility index (Phi) is 3.55. The molecule has 0 unspecified atom stereocenters. The van der Waals surface area contributed by atoms with Gasteiger partial charge in [0.15, 0.2) is 5.65 Å². The molecule has 1 N–H and O–H groups in total. The van der Waals surface area contributed by atoms with Crippen LogP contribution in [0.25, 0.3) is 5.65 Å². The zero-order chi connectivity index (χ0) is 15.6. The summed E-state index contributed by atoms with van der Waals surface area (Å²) in [4.78, 5) is 11.3. The molecular weight excluding hydrogens is 292 g/mol. The van der Waals surface area contributed by atoms with E-state index in [1.54, 1.807) is 4.52 Å². The van der Waals surface area contributed by atoms with Crippen LogP contribution in [0.15, 0.2) is 36.7 Å². The van der Waals surface area contributed by atoms with Gasteiger partial charge in [-0.05, 0) is 30.7 Å². The third-order valence-corrected chi connectivity index (χ3v) is 3.86. The first-order valence-corrected chi connectivity index (χ1v) is 7.67. The van der Waals surface area contributed by atoms with Gasteiger partial charge in [0.2, 0.25) is 5.95 Å². The smallest absolute Gasteiger partial charge is 0.247 e. The Morgan fingerprint density at radius 2 is 2.09 bits per heavy atom. The number of aromatic nitrogens is 4. The minimum absolute atomic E-state index is 0.566. The summed E-state index contributed by atoms with van der Waals surface area (Å²) in [5.74, 6) is 1.58. The number of nitrogens with zero attached hydrogens (tertiary/aromatic N) is 5. The van der Waals surface area contributed by atoms with Gasteiger partial charge in [0.25, 0.3) is 0 Å². The highest BCUT2D eigenvalue weighted by Gasteiger charge is 2.15. The van der Waals surface area contributed by atoms with Crippen molar-refractivity contribution in [1.29, 1.82) is 0 Å². The van der Waals surface area contributed by atoms with E-state index in [-0.39, 0.29) is 0 Å². The largest absolute Gasteiger partial charge is 0.378 e. The first kappa shape index (κ1) is 14.0. The lowest BCUT2D eigenvalue weighted by Gasteiger charge is -2.29. The quantitative estimate of drug-likeness (QED) is 0.798. The van der Waals surface area contributed by atoms with Crippen molar-refractivity contribution in [1.82, 2.24) is 19.6 Å². The van der Waals surface area contributed by atoms with Crippen LogP contribution in [-0.2, 0) is 4.74 Å². The summed E-state index contributed by atoms with van der Waals surface area (Å²) in [7, 11) is 0. The summed E-state index contributed by atoms with van der Waals surface area (Å²) >= 11 is 0. The lowest BCUT2D eigenvalue weighted by Crippen LogP contribution is -2.37. The molecule has 4 heterocycles. The number of hydrogen-bond donors (Lipinski definition) is 1. The van der Waals surface area contributed by atoms with Gasteiger partial charge in [0.1, 0.15) is 5.82 Å². The van der Waals surface area contributed by atoms with Gasteiger partial charge in [-0.1, -0.05) is 6.07 Å². The van der Waals surface area contributed by atoms with Crippen LogP contribution in [0.1, 0.15) is 5.56 Å². The monoisotopic (exact) mass is 310 g/mol. The Balaban J connectivity index is 1.56. The van der Waals surface area contributed by atoms with E-state index in [9.17, 15) is 0 Å². The predicted octanol–water partition coefficient (Wildman–Crippen LogP) is 2.01. The third kappa shape index (κ3) is 2.83. The molecule has 7 nitrogen and oxygen atoms in total. The fourth-order valence-corrected chi connectivity index (χ4v) is 2.76. The topological polar surface area (TPSA) is 67.6 Å². The van der Waals surface area contributed by atoms with Crippen LogP contribution in [0.4, 0.5) is 17.5 Å². The van der Waals surface area contributed by atoms with Gasteiger partial charge in [-0.15, -0.1) is 5.10 Å². The zero-order valence-corrected chi connectivity index (χ0v) is 12.9. The zero-order valence-electron chi connectivity index (χ0n) is 12.9. The molecule has 23 heavy (non-hydrogen) atoms. The second-order valence-corrected chi connectivity index (χ2v) is 5.53. The lowest BCUT2D eigenvalue weighted by molar-refractivity contribution is 0.122. The number of anilines is 3. The molecule has 0 radical (unpaired) electrons. The fraction of sp³-hybridized carbons (Fsp3) is 0.312. The Bertz CT molecular complexity index is 791. The van der Waals surface area contributed by atoms with E-state index in [2.05, 4.69) is 38.3 Å². The number of ether oxygens (including phenoxy) is 1. The summed E-state index contributed by atoms with van der Waals surface area (Å²) in [5, 5.41) is 7.61. The lowest BCUT2D eigenvalue weighted by atomic mass is 10.2. The minimum atomic E-state index is 0.566.